The lowest BCUT2D eigenvalue weighted by molar-refractivity contribution is 0.0975. The van der Waals surface area contributed by atoms with E-state index in [1.807, 2.05) is 13.0 Å². The molecule has 3 N–H and O–H groups in total. The Kier molecular flexibility index (Phi) is 11.1. The number of benzene rings is 2. The molecule has 8 heteroatoms. The molecule has 0 aliphatic carbocycles. The van der Waals surface area contributed by atoms with Crippen molar-refractivity contribution in [2.75, 3.05) is 19.6 Å². The third-order valence-corrected chi connectivity index (χ3v) is 6.34. The molecule has 180 valence electrons. The summed E-state index contributed by atoms with van der Waals surface area (Å²) in [6.45, 7) is 9.30. The van der Waals surface area contributed by atoms with E-state index in [0.29, 0.717) is 28.5 Å². The lowest BCUT2D eigenvalue weighted by Crippen LogP contribution is -2.38. The molecule has 5 nitrogen and oxygen atoms in total. The van der Waals surface area contributed by atoms with Crippen LogP contribution in [0, 0.1) is 5.82 Å². The third-order valence-electron chi connectivity index (χ3n) is 5.60. The number of hydrogen-bond donors (Lipinski definition) is 2. The molecule has 0 spiro atoms. The Morgan fingerprint density at radius 1 is 1.15 bits per heavy atom. The van der Waals surface area contributed by atoms with Crippen LogP contribution in [0.5, 0.6) is 0 Å². The van der Waals surface area contributed by atoms with Crippen molar-refractivity contribution in [1.29, 1.82) is 0 Å². The monoisotopic (exact) mass is 494 g/mol. The summed E-state index contributed by atoms with van der Waals surface area (Å²) in [7, 11) is 0. The maximum atomic E-state index is 14.6. The lowest BCUT2D eigenvalue weighted by atomic mass is 9.98. The molecule has 0 fully saturated rings. The molecular weight excluding hydrogens is 462 g/mol. The molecule has 1 atom stereocenters. The van der Waals surface area contributed by atoms with Gasteiger partial charge in [-0.25, -0.2) is 4.39 Å². The lowest BCUT2D eigenvalue weighted by Gasteiger charge is -2.18. The van der Waals surface area contributed by atoms with Gasteiger partial charge < -0.3 is 10.6 Å². The minimum absolute atomic E-state index is 0.0255. The summed E-state index contributed by atoms with van der Waals surface area (Å²) >= 11 is 12.0. The topological polar surface area (TPSA) is 70.7 Å². The first-order chi connectivity index (χ1) is 15.7. The first-order valence-electron chi connectivity index (χ1n) is 11.3. The Balaban J connectivity index is 2.01. The first kappa shape index (κ1) is 27.1. The molecule has 0 bridgehead atoms. The van der Waals surface area contributed by atoms with E-state index in [0.717, 1.165) is 38.0 Å². The Morgan fingerprint density at radius 2 is 1.88 bits per heavy atom. The molecule has 1 amide bonds. The number of aryl methyl sites for hydroxylation is 1. The number of halogens is 3. The highest BCUT2D eigenvalue weighted by Gasteiger charge is 2.16. The van der Waals surface area contributed by atoms with Gasteiger partial charge in [0, 0.05) is 11.1 Å². The van der Waals surface area contributed by atoms with Crippen LogP contribution in [0.4, 0.5) is 4.39 Å². The number of carbonyl (C=O) groups excluding carboxylic acids is 1. The molecule has 0 aliphatic rings. The fourth-order valence-corrected chi connectivity index (χ4v) is 3.98. The molecule has 2 rings (SSSR count). The molecule has 2 aromatic carbocycles. The number of carbonyl (C=O) groups is 1. The normalized spacial score (nSPS) is 12.8. The number of amides is 1. The van der Waals surface area contributed by atoms with Crippen LogP contribution in [0.1, 0.15) is 55.1 Å². The average molecular weight is 495 g/mol. The summed E-state index contributed by atoms with van der Waals surface area (Å²) in [5.74, 6) is -0.881. The second kappa shape index (κ2) is 13.5. The third kappa shape index (κ3) is 8.61. The average Bonchev–Trinajstić information content (AvgIpc) is 2.77. The van der Waals surface area contributed by atoms with Crippen molar-refractivity contribution in [2.24, 2.45) is 10.7 Å². The molecule has 2 aromatic rings. The summed E-state index contributed by atoms with van der Waals surface area (Å²) in [5.41, 5.74) is 7.43. The molecule has 1 unspecified atom stereocenters. The van der Waals surface area contributed by atoms with Crippen LogP contribution >= 0.6 is 23.2 Å². The van der Waals surface area contributed by atoms with Gasteiger partial charge in [0.25, 0.3) is 5.91 Å². The van der Waals surface area contributed by atoms with Gasteiger partial charge in [0.1, 0.15) is 5.82 Å². The summed E-state index contributed by atoms with van der Waals surface area (Å²) < 4.78 is 14.6. The fourth-order valence-electron chi connectivity index (χ4n) is 3.66. The smallest absolute Gasteiger partial charge is 0.258 e. The van der Waals surface area contributed by atoms with Gasteiger partial charge in [0.2, 0.25) is 0 Å². The summed E-state index contributed by atoms with van der Waals surface area (Å²) in [6, 6.07) is 9.70. The number of guanidine groups is 1. The van der Waals surface area contributed by atoms with Crippen LogP contribution in [-0.4, -0.2) is 42.4 Å². The van der Waals surface area contributed by atoms with Gasteiger partial charge in [0.15, 0.2) is 5.96 Å². The predicted molar refractivity (Wildman–Crippen MR) is 136 cm³/mol. The number of nitrogens with zero attached hydrogens (tertiary/aromatic N) is 2. The minimum atomic E-state index is -0.477. The van der Waals surface area contributed by atoms with E-state index in [2.05, 4.69) is 29.1 Å². The van der Waals surface area contributed by atoms with E-state index in [9.17, 15) is 9.18 Å². The second-order valence-electron chi connectivity index (χ2n) is 8.00. The summed E-state index contributed by atoms with van der Waals surface area (Å²) in [4.78, 5) is 19.5. The minimum Gasteiger partial charge on any atom is -0.370 e. The van der Waals surface area contributed by atoms with E-state index < -0.39 is 11.7 Å². The van der Waals surface area contributed by atoms with Crippen molar-refractivity contribution in [3.63, 3.8) is 0 Å². The van der Waals surface area contributed by atoms with Gasteiger partial charge in [-0.05, 0) is 82.1 Å². The standard InChI is InChI=1S/C25H33Cl2FN4O/c1-4-32(5-2)15-7-8-17(3)30-25(29)31-24(33)20-9-6-10-23(28)19(20)13-11-18-12-14-21(26)22(27)16-18/h6,9-10,12,14,16-17H,4-5,7-8,11,13,15H2,1-3H3,(H3,29,30,31,33). The van der Waals surface area contributed by atoms with Gasteiger partial charge in [-0.2, -0.15) is 0 Å². The van der Waals surface area contributed by atoms with Crippen molar-refractivity contribution < 1.29 is 9.18 Å². The van der Waals surface area contributed by atoms with E-state index in [4.69, 9.17) is 28.9 Å². The molecule has 0 heterocycles. The molecule has 0 aromatic heterocycles. The van der Waals surface area contributed by atoms with Gasteiger partial charge in [0.05, 0.1) is 16.1 Å². The van der Waals surface area contributed by atoms with Gasteiger partial charge in [-0.3, -0.25) is 15.1 Å². The molecule has 0 radical (unpaired) electrons. The first-order valence-corrected chi connectivity index (χ1v) is 12.1. The van der Waals surface area contributed by atoms with Crippen molar-refractivity contribution in [3.8, 4) is 0 Å². The quantitative estimate of drug-likeness (QED) is 0.321. The Bertz CT molecular complexity index is 963. The molecule has 33 heavy (non-hydrogen) atoms. The number of hydrogen-bond acceptors (Lipinski definition) is 3. The Morgan fingerprint density at radius 3 is 2.55 bits per heavy atom. The van der Waals surface area contributed by atoms with E-state index in [1.165, 1.54) is 12.1 Å². The second-order valence-corrected chi connectivity index (χ2v) is 8.82. The van der Waals surface area contributed by atoms with Crippen LogP contribution in [0.15, 0.2) is 41.4 Å². The van der Waals surface area contributed by atoms with E-state index in [-0.39, 0.29) is 17.6 Å². The zero-order valence-corrected chi connectivity index (χ0v) is 21.0. The number of rotatable bonds is 11. The maximum absolute atomic E-state index is 14.6. The largest absolute Gasteiger partial charge is 0.370 e. The van der Waals surface area contributed by atoms with Gasteiger partial charge >= 0.3 is 0 Å². The highest BCUT2D eigenvalue weighted by molar-refractivity contribution is 6.42. The highest BCUT2D eigenvalue weighted by Crippen LogP contribution is 2.24. The number of nitrogens with two attached hydrogens (primary N) is 1. The van der Waals surface area contributed by atoms with Crippen molar-refractivity contribution >= 4 is 35.1 Å². The van der Waals surface area contributed by atoms with Crippen molar-refractivity contribution in [1.82, 2.24) is 10.2 Å². The predicted octanol–water partition coefficient (Wildman–Crippen LogP) is 5.47. The van der Waals surface area contributed by atoms with Crippen LogP contribution in [0.2, 0.25) is 10.0 Å². The van der Waals surface area contributed by atoms with Gasteiger partial charge in [-0.1, -0.05) is 49.2 Å². The maximum Gasteiger partial charge on any atom is 0.258 e. The Labute approximate surface area is 206 Å². The Hall–Kier alpha value is -2.15. The SMILES string of the molecule is CCN(CC)CCCC(C)N=C(N)NC(=O)c1cccc(F)c1CCc1ccc(Cl)c(Cl)c1. The number of aliphatic imine (C=N–C) groups is 1. The van der Waals surface area contributed by atoms with Crippen molar-refractivity contribution in [3.05, 3.63) is 69.0 Å². The van der Waals surface area contributed by atoms with Crippen LogP contribution in [-0.2, 0) is 12.8 Å². The van der Waals surface area contributed by atoms with Crippen LogP contribution in [0.3, 0.4) is 0 Å². The molecule has 0 saturated heterocycles. The molecule has 0 saturated carbocycles. The van der Waals surface area contributed by atoms with E-state index in [1.54, 1.807) is 18.2 Å². The summed E-state index contributed by atoms with van der Waals surface area (Å²) in [6.07, 6.45) is 2.69. The van der Waals surface area contributed by atoms with Crippen LogP contribution < -0.4 is 11.1 Å². The van der Waals surface area contributed by atoms with Crippen LogP contribution in [0.25, 0.3) is 0 Å². The molecular formula is C25H33Cl2FN4O. The highest BCUT2D eigenvalue weighted by atomic mass is 35.5. The summed E-state index contributed by atoms with van der Waals surface area (Å²) in [5, 5.41) is 3.51. The van der Waals surface area contributed by atoms with Gasteiger partial charge in [-0.15, -0.1) is 0 Å². The van der Waals surface area contributed by atoms with Crippen molar-refractivity contribution in [2.45, 2.75) is 52.5 Å². The zero-order chi connectivity index (χ0) is 24.4. The van der Waals surface area contributed by atoms with E-state index >= 15 is 0 Å². The fraction of sp³-hybridized carbons (Fsp3) is 0.440. The number of nitrogens with one attached hydrogen (secondary N) is 1. The molecule has 0 aliphatic heterocycles. The zero-order valence-electron chi connectivity index (χ0n) is 19.5.